The standard InChI is InChI=1S/C11H17N3O2/c1-7-5-10(16-2)14-11(13-7)12-6-9(15)8-3-4-8/h5,8-9,15H,3-4,6H2,1-2H3,(H,12,13,14). The zero-order valence-electron chi connectivity index (χ0n) is 9.60. The molecule has 2 rings (SSSR count). The van der Waals surface area contributed by atoms with E-state index >= 15 is 0 Å². The molecule has 16 heavy (non-hydrogen) atoms. The molecule has 88 valence electrons. The normalized spacial score (nSPS) is 16.9. The van der Waals surface area contributed by atoms with E-state index in [-0.39, 0.29) is 6.10 Å². The van der Waals surface area contributed by atoms with Crippen LogP contribution in [0.4, 0.5) is 5.95 Å². The van der Waals surface area contributed by atoms with E-state index in [4.69, 9.17) is 4.74 Å². The number of hydrogen-bond donors (Lipinski definition) is 2. The highest BCUT2D eigenvalue weighted by Gasteiger charge is 2.29. The number of nitrogens with one attached hydrogen (secondary N) is 1. The van der Waals surface area contributed by atoms with Crippen LogP contribution in [0.25, 0.3) is 0 Å². The summed E-state index contributed by atoms with van der Waals surface area (Å²) in [4.78, 5) is 8.37. The topological polar surface area (TPSA) is 67.3 Å². The molecule has 0 amide bonds. The summed E-state index contributed by atoms with van der Waals surface area (Å²) >= 11 is 0. The Morgan fingerprint density at radius 1 is 1.56 bits per heavy atom. The van der Waals surface area contributed by atoms with Gasteiger partial charge < -0.3 is 15.2 Å². The molecule has 1 saturated carbocycles. The fourth-order valence-corrected chi connectivity index (χ4v) is 1.57. The molecule has 2 N–H and O–H groups in total. The summed E-state index contributed by atoms with van der Waals surface area (Å²) in [6.45, 7) is 2.38. The minimum Gasteiger partial charge on any atom is -0.481 e. The van der Waals surface area contributed by atoms with E-state index in [1.807, 2.05) is 6.92 Å². The van der Waals surface area contributed by atoms with Crippen LogP contribution in [0.1, 0.15) is 18.5 Å². The molecular formula is C11H17N3O2. The predicted molar refractivity (Wildman–Crippen MR) is 60.5 cm³/mol. The summed E-state index contributed by atoms with van der Waals surface area (Å²) in [6.07, 6.45) is 1.96. The smallest absolute Gasteiger partial charge is 0.226 e. The molecule has 1 aromatic heterocycles. The summed E-state index contributed by atoms with van der Waals surface area (Å²) < 4.78 is 5.05. The van der Waals surface area contributed by atoms with Crippen LogP contribution in [0.3, 0.4) is 0 Å². The van der Waals surface area contributed by atoms with E-state index < -0.39 is 0 Å². The predicted octanol–water partition coefficient (Wildman–Crippen LogP) is 0.976. The maximum absolute atomic E-state index is 9.70. The number of aromatic nitrogens is 2. The van der Waals surface area contributed by atoms with Crippen LogP contribution < -0.4 is 10.1 Å². The first-order valence-corrected chi connectivity index (χ1v) is 5.50. The van der Waals surface area contributed by atoms with Crippen molar-refractivity contribution >= 4 is 5.95 Å². The average molecular weight is 223 g/mol. The molecule has 1 aliphatic carbocycles. The van der Waals surface area contributed by atoms with Gasteiger partial charge in [0.05, 0.1) is 13.2 Å². The Hall–Kier alpha value is -1.36. The number of rotatable bonds is 5. The zero-order chi connectivity index (χ0) is 11.5. The van der Waals surface area contributed by atoms with Gasteiger partial charge in [-0.2, -0.15) is 4.98 Å². The second-order valence-electron chi connectivity index (χ2n) is 4.16. The van der Waals surface area contributed by atoms with Crippen LogP contribution in [-0.4, -0.2) is 34.8 Å². The van der Waals surface area contributed by atoms with Gasteiger partial charge in [0, 0.05) is 18.3 Å². The number of nitrogens with zero attached hydrogens (tertiary/aromatic N) is 2. The van der Waals surface area contributed by atoms with Gasteiger partial charge in [-0.15, -0.1) is 0 Å². The van der Waals surface area contributed by atoms with Gasteiger partial charge >= 0.3 is 0 Å². The monoisotopic (exact) mass is 223 g/mol. The number of aryl methyl sites for hydroxylation is 1. The van der Waals surface area contributed by atoms with Crippen LogP contribution in [0.15, 0.2) is 6.07 Å². The minimum absolute atomic E-state index is 0.296. The molecule has 0 saturated heterocycles. The molecule has 1 unspecified atom stereocenters. The van der Waals surface area contributed by atoms with E-state index in [0.717, 1.165) is 18.5 Å². The molecule has 0 radical (unpaired) electrons. The van der Waals surface area contributed by atoms with Crippen molar-refractivity contribution in [3.8, 4) is 5.88 Å². The molecule has 1 heterocycles. The third kappa shape index (κ3) is 2.82. The first kappa shape index (κ1) is 11.1. The zero-order valence-corrected chi connectivity index (χ0v) is 9.60. The van der Waals surface area contributed by atoms with Crippen molar-refractivity contribution in [1.82, 2.24) is 9.97 Å². The molecule has 0 spiro atoms. The van der Waals surface area contributed by atoms with Crippen LogP contribution in [-0.2, 0) is 0 Å². The Balaban J connectivity index is 1.94. The van der Waals surface area contributed by atoms with E-state index in [1.54, 1.807) is 13.2 Å². The molecule has 5 nitrogen and oxygen atoms in total. The maximum atomic E-state index is 9.70. The Labute approximate surface area is 94.9 Å². The van der Waals surface area contributed by atoms with Crippen molar-refractivity contribution in [2.24, 2.45) is 5.92 Å². The van der Waals surface area contributed by atoms with Crippen molar-refractivity contribution in [1.29, 1.82) is 0 Å². The average Bonchev–Trinajstić information content (AvgIpc) is 3.08. The Morgan fingerprint density at radius 2 is 2.31 bits per heavy atom. The maximum Gasteiger partial charge on any atom is 0.226 e. The lowest BCUT2D eigenvalue weighted by Gasteiger charge is -2.11. The number of hydrogen-bond acceptors (Lipinski definition) is 5. The summed E-state index contributed by atoms with van der Waals surface area (Å²) in [5.74, 6) is 1.51. The summed E-state index contributed by atoms with van der Waals surface area (Å²) in [5, 5.41) is 12.7. The molecule has 0 aliphatic heterocycles. The SMILES string of the molecule is COc1cc(C)nc(NCC(O)C2CC2)n1. The Kier molecular flexibility index (Phi) is 3.24. The van der Waals surface area contributed by atoms with Crippen LogP contribution >= 0.6 is 0 Å². The van der Waals surface area contributed by atoms with Gasteiger partial charge in [0.1, 0.15) is 0 Å². The van der Waals surface area contributed by atoms with E-state index in [9.17, 15) is 5.11 Å². The number of aliphatic hydroxyl groups is 1. The van der Waals surface area contributed by atoms with Crippen molar-refractivity contribution in [3.05, 3.63) is 11.8 Å². The fraction of sp³-hybridized carbons (Fsp3) is 0.636. The summed E-state index contributed by atoms with van der Waals surface area (Å²) in [6, 6.07) is 1.77. The number of methoxy groups -OCH3 is 1. The third-order valence-electron chi connectivity index (χ3n) is 2.68. The van der Waals surface area contributed by atoms with Crippen molar-refractivity contribution in [3.63, 3.8) is 0 Å². The lowest BCUT2D eigenvalue weighted by atomic mass is 10.2. The second-order valence-corrected chi connectivity index (χ2v) is 4.16. The summed E-state index contributed by atoms with van der Waals surface area (Å²) in [5.41, 5.74) is 0.843. The highest BCUT2D eigenvalue weighted by atomic mass is 16.5. The lowest BCUT2D eigenvalue weighted by Crippen LogP contribution is -2.22. The van der Waals surface area contributed by atoms with Crippen molar-refractivity contribution in [2.75, 3.05) is 19.0 Å². The van der Waals surface area contributed by atoms with Gasteiger partial charge in [-0.1, -0.05) is 0 Å². The molecule has 5 heteroatoms. The lowest BCUT2D eigenvalue weighted by molar-refractivity contribution is 0.164. The molecular weight excluding hydrogens is 206 g/mol. The van der Waals surface area contributed by atoms with E-state index in [2.05, 4.69) is 15.3 Å². The van der Waals surface area contributed by atoms with Gasteiger partial charge in [0.25, 0.3) is 0 Å². The van der Waals surface area contributed by atoms with Crippen LogP contribution in [0.5, 0.6) is 5.88 Å². The van der Waals surface area contributed by atoms with Crippen LogP contribution in [0, 0.1) is 12.8 Å². The fourth-order valence-electron chi connectivity index (χ4n) is 1.57. The van der Waals surface area contributed by atoms with Gasteiger partial charge in [-0.3, -0.25) is 0 Å². The quantitative estimate of drug-likeness (QED) is 0.778. The Bertz CT molecular complexity index is 366. The van der Waals surface area contributed by atoms with Gasteiger partial charge in [0.2, 0.25) is 11.8 Å². The molecule has 1 atom stereocenters. The largest absolute Gasteiger partial charge is 0.481 e. The molecule has 0 bridgehead atoms. The third-order valence-corrected chi connectivity index (χ3v) is 2.68. The van der Waals surface area contributed by atoms with Gasteiger partial charge in [-0.05, 0) is 25.7 Å². The van der Waals surface area contributed by atoms with Gasteiger partial charge in [-0.25, -0.2) is 4.98 Å². The molecule has 1 fully saturated rings. The molecule has 1 aliphatic rings. The van der Waals surface area contributed by atoms with E-state index in [1.165, 1.54) is 0 Å². The number of aliphatic hydroxyl groups excluding tert-OH is 1. The summed E-state index contributed by atoms with van der Waals surface area (Å²) in [7, 11) is 1.57. The minimum atomic E-state index is -0.296. The Morgan fingerprint density at radius 3 is 2.94 bits per heavy atom. The van der Waals surface area contributed by atoms with E-state index in [0.29, 0.717) is 24.3 Å². The first-order valence-electron chi connectivity index (χ1n) is 5.50. The molecule has 0 aromatic carbocycles. The second kappa shape index (κ2) is 4.65. The van der Waals surface area contributed by atoms with Gasteiger partial charge in [0.15, 0.2) is 0 Å². The number of ether oxygens (including phenoxy) is 1. The van der Waals surface area contributed by atoms with Crippen LogP contribution in [0.2, 0.25) is 0 Å². The molecule has 1 aromatic rings. The highest BCUT2D eigenvalue weighted by Crippen LogP contribution is 2.32. The van der Waals surface area contributed by atoms with Crippen molar-refractivity contribution < 1.29 is 9.84 Å². The number of anilines is 1. The highest BCUT2D eigenvalue weighted by molar-refractivity contribution is 5.30. The van der Waals surface area contributed by atoms with Crippen molar-refractivity contribution in [2.45, 2.75) is 25.9 Å². The first-order chi connectivity index (χ1) is 7.69.